The molecule has 0 spiro atoms. The van der Waals surface area contributed by atoms with Gasteiger partial charge in [-0.15, -0.1) is 0 Å². The Morgan fingerprint density at radius 2 is 1.57 bits per heavy atom. The molecule has 0 aromatic heterocycles. The predicted molar refractivity (Wildman–Crippen MR) is 116 cm³/mol. The molecule has 1 aromatic carbocycles. The summed E-state index contributed by atoms with van der Waals surface area (Å²) >= 11 is 0. The fourth-order valence-corrected chi connectivity index (χ4v) is 4.91. The van der Waals surface area contributed by atoms with E-state index in [9.17, 15) is 14.7 Å². The van der Waals surface area contributed by atoms with Crippen molar-refractivity contribution in [2.45, 2.75) is 80.1 Å². The molecule has 1 N–H and O–H groups in total. The summed E-state index contributed by atoms with van der Waals surface area (Å²) < 4.78 is 8.17. The van der Waals surface area contributed by atoms with Gasteiger partial charge in [0.2, 0.25) is 0 Å². The smallest absolute Gasteiger partial charge is 0.310 e. The number of hydrogen-bond donors (Lipinski definition) is 1. The topological polar surface area (TPSA) is 71.4 Å². The number of aryl methyl sites for hydroxylation is 3. The monoisotopic (exact) mass is 407 g/mol. The molecule has 1 aliphatic carbocycles. The Hall–Kier alpha value is -1.54. The van der Waals surface area contributed by atoms with Crippen molar-refractivity contribution in [1.82, 2.24) is 0 Å². The van der Waals surface area contributed by atoms with Crippen LogP contribution in [0.1, 0.15) is 86.3 Å². The maximum atomic E-state index is 13.9. The third-order valence-electron chi connectivity index (χ3n) is 6.55. The second kappa shape index (κ2) is 9.78. The van der Waals surface area contributed by atoms with E-state index in [0.717, 1.165) is 41.5 Å². The van der Waals surface area contributed by atoms with Crippen molar-refractivity contribution in [3.05, 3.63) is 34.4 Å². The summed E-state index contributed by atoms with van der Waals surface area (Å²) in [7, 11) is 1.17. The highest BCUT2D eigenvalue weighted by Crippen LogP contribution is 2.56. The van der Waals surface area contributed by atoms with Gasteiger partial charge in [-0.3, -0.25) is 9.59 Å². The van der Waals surface area contributed by atoms with Crippen LogP contribution in [0.25, 0.3) is 0 Å². The first-order valence-corrected chi connectivity index (χ1v) is 10.6. The number of carbonyl (C=O) groups is 2. The van der Waals surface area contributed by atoms with Crippen LogP contribution >= 0.6 is 9.12 Å². The summed E-state index contributed by atoms with van der Waals surface area (Å²) in [6, 6.07) is 4.07. The highest BCUT2D eigenvalue weighted by atomic mass is 31.0. The molecule has 2 unspecified atom stereocenters. The maximum absolute atomic E-state index is 13.9. The van der Waals surface area contributed by atoms with E-state index in [4.69, 9.17) is 4.57 Å². The van der Waals surface area contributed by atoms with Crippen molar-refractivity contribution in [1.29, 1.82) is 0 Å². The quantitative estimate of drug-likeness (QED) is 0.438. The average molecular weight is 408 g/mol. The zero-order chi connectivity index (χ0) is 21.7. The molecule has 1 saturated carbocycles. The Morgan fingerprint density at radius 3 is 1.96 bits per heavy atom. The average Bonchev–Trinajstić information content (AvgIpc) is 3.11. The number of rotatable bonds is 7. The third-order valence-corrected chi connectivity index (χ3v) is 6.55. The van der Waals surface area contributed by atoms with Crippen LogP contribution < -0.4 is 0 Å². The number of ketones is 1. The standard InChI is InChI=1S/C23H34O3.H2OP/c1-15(2)9-12-22(6,21(25)26)23(10-7-8-11-23)20(24)19-17(4)13-16(3)14-18(19)5;1-2/h13-15H,7-12H2,1-6H3,(H,25,26);2H2/q;+1. The zero-order valence-corrected chi connectivity index (χ0v) is 19.4. The van der Waals surface area contributed by atoms with Gasteiger partial charge in [-0.05, 0) is 70.4 Å². The number of carboxylic acid groups (broad SMARTS) is 1. The van der Waals surface area contributed by atoms with Crippen molar-refractivity contribution in [2.24, 2.45) is 16.7 Å². The Balaban J connectivity index is 0.00000190. The van der Waals surface area contributed by atoms with E-state index in [1.807, 2.05) is 39.8 Å². The largest absolute Gasteiger partial charge is 0.481 e. The fraction of sp³-hybridized carbons (Fsp3) is 0.652. The first-order valence-electron chi connectivity index (χ1n) is 10.1. The summed E-state index contributed by atoms with van der Waals surface area (Å²) in [6.45, 7) is 12.0. The van der Waals surface area contributed by atoms with Crippen molar-refractivity contribution in [2.75, 3.05) is 0 Å². The normalized spacial score (nSPS) is 17.5. The van der Waals surface area contributed by atoms with Crippen molar-refractivity contribution in [3.63, 3.8) is 0 Å². The minimum absolute atomic E-state index is 0.0543. The molecule has 0 bridgehead atoms. The molecule has 2 atom stereocenters. The number of Topliss-reactive ketones (excluding diaryl/α,β-unsaturated/α-hetero) is 1. The molecule has 156 valence electrons. The third kappa shape index (κ3) is 4.54. The van der Waals surface area contributed by atoms with E-state index in [2.05, 4.69) is 13.8 Å². The molecule has 0 amide bonds. The molecule has 5 heteroatoms. The molecule has 0 aliphatic heterocycles. The molecular formula is C23H36O4P+. The number of benzene rings is 1. The van der Waals surface area contributed by atoms with Gasteiger partial charge in [-0.2, -0.15) is 0 Å². The zero-order valence-electron chi connectivity index (χ0n) is 18.2. The summed E-state index contributed by atoms with van der Waals surface area (Å²) in [4.78, 5) is 26.3. The summed E-state index contributed by atoms with van der Waals surface area (Å²) in [5.74, 6) is -0.348. The van der Waals surface area contributed by atoms with Gasteiger partial charge in [0.05, 0.1) is 5.41 Å². The molecule has 1 aromatic rings. The first-order chi connectivity index (χ1) is 13.0. The highest BCUT2D eigenvalue weighted by molar-refractivity contribution is 7.00. The van der Waals surface area contributed by atoms with Gasteiger partial charge in [0.1, 0.15) is 0 Å². The Labute approximate surface area is 171 Å². The van der Waals surface area contributed by atoms with Crippen LogP contribution in [0, 0.1) is 37.5 Å². The maximum Gasteiger partial charge on any atom is 0.310 e. The summed E-state index contributed by atoms with van der Waals surface area (Å²) in [5, 5.41) is 10.2. The first kappa shape index (κ1) is 24.5. The number of carbonyl (C=O) groups excluding carboxylic acids is 1. The van der Waals surface area contributed by atoms with Crippen LogP contribution in [-0.2, 0) is 9.36 Å². The van der Waals surface area contributed by atoms with Crippen LogP contribution in [-0.4, -0.2) is 16.9 Å². The molecule has 0 heterocycles. The van der Waals surface area contributed by atoms with E-state index in [1.165, 1.54) is 9.12 Å². The summed E-state index contributed by atoms with van der Waals surface area (Å²) in [5.41, 5.74) is 2.01. The number of hydrogen-bond acceptors (Lipinski definition) is 3. The minimum Gasteiger partial charge on any atom is -0.481 e. The minimum atomic E-state index is -1.02. The van der Waals surface area contributed by atoms with E-state index < -0.39 is 16.8 Å². The van der Waals surface area contributed by atoms with Gasteiger partial charge in [-0.1, -0.05) is 49.0 Å². The molecule has 0 radical (unpaired) electrons. The van der Waals surface area contributed by atoms with Crippen molar-refractivity contribution < 1.29 is 19.3 Å². The van der Waals surface area contributed by atoms with E-state index >= 15 is 0 Å². The number of aliphatic carboxylic acids is 1. The molecule has 4 nitrogen and oxygen atoms in total. The van der Waals surface area contributed by atoms with Gasteiger partial charge in [-0.25, -0.2) is 0 Å². The van der Waals surface area contributed by atoms with Crippen LogP contribution in [0.2, 0.25) is 0 Å². The lowest BCUT2D eigenvalue weighted by Gasteiger charge is -2.43. The lowest BCUT2D eigenvalue weighted by atomic mass is 9.57. The fourth-order valence-electron chi connectivity index (χ4n) is 4.91. The van der Waals surface area contributed by atoms with Crippen LogP contribution in [0.15, 0.2) is 12.1 Å². The molecule has 0 saturated heterocycles. The molecule has 1 fully saturated rings. The molecular weight excluding hydrogens is 371 g/mol. The highest BCUT2D eigenvalue weighted by Gasteiger charge is 2.58. The van der Waals surface area contributed by atoms with Gasteiger partial charge in [0.25, 0.3) is 0 Å². The molecule has 1 aliphatic rings. The van der Waals surface area contributed by atoms with Gasteiger partial charge < -0.3 is 5.11 Å². The van der Waals surface area contributed by atoms with Crippen LogP contribution in [0.5, 0.6) is 0 Å². The van der Waals surface area contributed by atoms with Gasteiger partial charge in [0, 0.05) is 11.0 Å². The van der Waals surface area contributed by atoms with Crippen LogP contribution in [0.3, 0.4) is 0 Å². The predicted octanol–water partition coefficient (Wildman–Crippen LogP) is 6.09. The van der Waals surface area contributed by atoms with Crippen LogP contribution in [0.4, 0.5) is 0 Å². The van der Waals surface area contributed by atoms with Gasteiger partial charge in [0.15, 0.2) is 5.78 Å². The Morgan fingerprint density at radius 1 is 1.11 bits per heavy atom. The molecule has 28 heavy (non-hydrogen) atoms. The van der Waals surface area contributed by atoms with E-state index in [-0.39, 0.29) is 5.78 Å². The van der Waals surface area contributed by atoms with Crippen molar-refractivity contribution in [3.8, 4) is 0 Å². The van der Waals surface area contributed by atoms with Crippen molar-refractivity contribution >= 4 is 20.9 Å². The van der Waals surface area contributed by atoms with E-state index in [0.29, 0.717) is 25.2 Å². The van der Waals surface area contributed by atoms with E-state index in [1.54, 1.807) is 0 Å². The lowest BCUT2D eigenvalue weighted by molar-refractivity contribution is -0.155. The van der Waals surface area contributed by atoms with Gasteiger partial charge >= 0.3 is 15.1 Å². The Kier molecular flexibility index (Phi) is 8.56. The second-order valence-corrected chi connectivity index (χ2v) is 8.96. The SMILES string of the molecule is Cc1cc(C)c(C(=O)C2(C(C)(CCC(C)C)C(=O)O)CCCC2)c(C)c1.O=[PH2+]. The molecule has 2 rings (SSSR count). The Bertz CT molecular complexity index is 696. The lowest BCUT2D eigenvalue weighted by Crippen LogP contribution is -2.50. The number of carboxylic acids is 1. The second-order valence-electron chi connectivity index (χ2n) is 8.96. The summed E-state index contributed by atoms with van der Waals surface area (Å²) in [6.07, 6.45) is 4.60.